The molecule has 1 amide bonds. The number of anilines is 2. The molecule has 0 unspecified atom stereocenters. The van der Waals surface area contributed by atoms with Gasteiger partial charge in [0.25, 0.3) is 5.91 Å². The predicted octanol–water partition coefficient (Wildman–Crippen LogP) is 2.87. The van der Waals surface area contributed by atoms with Crippen molar-refractivity contribution < 1.29 is 9.53 Å². The molecule has 1 fully saturated rings. The summed E-state index contributed by atoms with van der Waals surface area (Å²) in [5, 5.41) is 7.08. The van der Waals surface area contributed by atoms with Crippen molar-refractivity contribution in [1.29, 1.82) is 0 Å². The van der Waals surface area contributed by atoms with Crippen LogP contribution in [0.2, 0.25) is 0 Å². The highest BCUT2D eigenvalue weighted by molar-refractivity contribution is 7.17. The van der Waals surface area contributed by atoms with Gasteiger partial charge in [0.15, 0.2) is 5.13 Å². The molecule has 0 aliphatic carbocycles. The van der Waals surface area contributed by atoms with Crippen molar-refractivity contribution in [2.75, 3.05) is 44.7 Å². The van der Waals surface area contributed by atoms with Crippen molar-refractivity contribution >= 4 is 28.1 Å². The van der Waals surface area contributed by atoms with E-state index in [1.54, 1.807) is 0 Å². The van der Waals surface area contributed by atoms with Gasteiger partial charge >= 0.3 is 0 Å². The molecule has 0 radical (unpaired) electrons. The van der Waals surface area contributed by atoms with E-state index >= 15 is 0 Å². The number of nitrogens with zero attached hydrogens (tertiary/aromatic N) is 2. The highest BCUT2D eigenvalue weighted by Crippen LogP contribution is 2.27. The lowest BCUT2D eigenvalue weighted by Crippen LogP contribution is -2.41. The molecule has 26 heavy (non-hydrogen) atoms. The number of aromatic nitrogens is 1. The second-order valence-electron chi connectivity index (χ2n) is 6.59. The quantitative estimate of drug-likeness (QED) is 0.814. The van der Waals surface area contributed by atoms with Gasteiger partial charge in [0.2, 0.25) is 0 Å². The third-order valence-electron chi connectivity index (χ3n) is 4.44. The number of hydrogen-bond donors (Lipinski definition) is 2. The minimum absolute atomic E-state index is 0.0538. The monoisotopic (exact) mass is 374 g/mol. The summed E-state index contributed by atoms with van der Waals surface area (Å²) in [4.78, 5) is 19.9. The first-order valence-corrected chi connectivity index (χ1v) is 9.74. The third kappa shape index (κ3) is 4.81. The van der Waals surface area contributed by atoms with Gasteiger partial charge in [-0.3, -0.25) is 9.69 Å². The maximum absolute atomic E-state index is 12.5. The maximum Gasteiger partial charge on any atom is 0.263 e. The van der Waals surface area contributed by atoms with Crippen LogP contribution in [-0.2, 0) is 4.74 Å². The molecule has 0 atom stereocenters. The molecule has 3 rings (SSSR count). The molecule has 2 aromatic rings. The van der Waals surface area contributed by atoms with Crippen LogP contribution in [0.1, 0.15) is 26.5 Å². The Morgan fingerprint density at radius 1 is 1.27 bits per heavy atom. The van der Waals surface area contributed by atoms with Crippen LogP contribution in [0.5, 0.6) is 0 Å². The molecule has 1 aliphatic rings. The highest BCUT2D eigenvalue weighted by Gasteiger charge is 2.16. The average molecular weight is 375 g/mol. The van der Waals surface area contributed by atoms with E-state index in [4.69, 9.17) is 4.74 Å². The lowest BCUT2D eigenvalue weighted by atomic mass is 10.1. The van der Waals surface area contributed by atoms with E-state index in [0.717, 1.165) is 54.9 Å². The molecule has 2 heterocycles. The number of morpholine rings is 1. The van der Waals surface area contributed by atoms with Gasteiger partial charge in [-0.1, -0.05) is 29.0 Å². The molecule has 0 spiro atoms. The zero-order chi connectivity index (χ0) is 18.5. The van der Waals surface area contributed by atoms with Crippen molar-refractivity contribution in [2.45, 2.75) is 20.8 Å². The summed E-state index contributed by atoms with van der Waals surface area (Å²) in [6.45, 7) is 10.9. The Labute approximate surface area is 158 Å². The number of nitrogens with one attached hydrogen (secondary N) is 2. The molecular formula is C19H26N4O2S. The van der Waals surface area contributed by atoms with Crippen LogP contribution >= 0.6 is 11.3 Å². The molecule has 1 aliphatic heterocycles. The van der Waals surface area contributed by atoms with Crippen molar-refractivity contribution in [3.8, 4) is 0 Å². The maximum atomic E-state index is 12.5. The summed E-state index contributed by atoms with van der Waals surface area (Å²) in [6.07, 6.45) is 0. The van der Waals surface area contributed by atoms with Gasteiger partial charge in [0, 0.05) is 31.9 Å². The molecule has 0 saturated carbocycles. The van der Waals surface area contributed by atoms with Gasteiger partial charge in [0.1, 0.15) is 4.88 Å². The molecular weight excluding hydrogens is 348 g/mol. The number of benzene rings is 1. The molecule has 1 aromatic heterocycles. The van der Waals surface area contributed by atoms with Crippen LogP contribution in [0.25, 0.3) is 0 Å². The normalized spacial score (nSPS) is 15.0. The molecule has 1 aromatic carbocycles. The third-order valence-corrected chi connectivity index (χ3v) is 5.52. The van der Waals surface area contributed by atoms with E-state index in [1.807, 2.05) is 13.0 Å². The van der Waals surface area contributed by atoms with Crippen molar-refractivity contribution in [3.63, 3.8) is 0 Å². The average Bonchev–Trinajstić information content (AvgIpc) is 2.99. The Bertz CT molecular complexity index is 769. The number of ether oxygens (including phenoxy) is 1. The summed E-state index contributed by atoms with van der Waals surface area (Å²) in [5.41, 5.74) is 4.16. The fourth-order valence-electron chi connectivity index (χ4n) is 2.96. The Morgan fingerprint density at radius 3 is 2.77 bits per heavy atom. The lowest BCUT2D eigenvalue weighted by Gasteiger charge is -2.26. The Morgan fingerprint density at radius 2 is 2.04 bits per heavy atom. The SMILES string of the molecule is Cc1ccc(Nc2nc(C)c(C(=O)NCCN3CCOCC3)s2)c(C)c1. The topological polar surface area (TPSA) is 66.5 Å². The number of amides is 1. The van der Waals surface area contributed by atoms with E-state index < -0.39 is 0 Å². The number of aryl methyl sites for hydroxylation is 3. The van der Waals surface area contributed by atoms with Gasteiger partial charge in [-0.2, -0.15) is 0 Å². The first kappa shape index (κ1) is 18.8. The zero-order valence-corrected chi connectivity index (χ0v) is 16.4. The van der Waals surface area contributed by atoms with Crippen LogP contribution in [-0.4, -0.2) is 55.2 Å². The fraction of sp³-hybridized carbons (Fsp3) is 0.474. The molecule has 7 heteroatoms. The van der Waals surface area contributed by atoms with E-state index in [0.29, 0.717) is 11.4 Å². The minimum Gasteiger partial charge on any atom is -0.379 e. The van der Waals surface area contributed by atoms with Crippen LogP contribution < -0.4 is 10.6 Å². The number of rotatable bonds is 6. The van der Waals surface area contributed by atoms with Crippen LogP contribution in [0.15, 0.2) is 18.2 Å². The van der Waals surface area contributed by atoms with Gasteiger partial charge in [0.05, 0.1) is 18.9 Å². The predicted molar refractivity (Wildman–Crippen MR) is 106 cm³/mol. The molecule has 2 N–H and O–H groups in total. The Kier molecular flexibility index (Phi) is 6.24. The van der Waals surface area contributed by atoms with Crippen molar-refractivity contribution in [2.24, 2.45) is 0 Å². The molecule has 140 valence electrons. The minimum atomic E-state index is -0.0538. The number of carbonyl (C=O) groups is 1. The number of hydrogen-bond acceptors (Lipinski definition) is 6. The van der Waals surface area contributed by atoms with Crippen LogP contribution in [0.4, 0.5) is 10.8 Å². The first-order chi connectivity index (χ1) is 12.5. The molecule has 1 saturated heterocycles. The van der Waals surface area contributed by atoms with Gasteiger partial charge < -0.3 is 15.4 Å². The Balaban J connectivity index is 1.57. The van der Waals surface area contributed by atoms with E-state index in [2.05, 4.69) is 46.5 Å². The Hall–Kier alpha value is -1.96. The standard InChI is InChI=1S/C19H26N4O2S/c1-13-4-5-16(14(2)12-13)22-19-21-15(3)17(26-19)18(24)20-6-7-23-8-10-25-11-9-23/h4-5,12H,6-11H2,1-3H3,(H,20,24)(H,21,22). The van der Waals surface area contributed by atoms with Gasteiger partial charge in [-0.05, 0) is 32.4 Å². The summed E-state index contributed by atoms with van der Waals surface area (Å²) in [6, 6.07) is 6.24. The summed E-state index contributed by atoms with van der Waals surface area (Å²) >= 11 is 1.39. The smallest absolute Gasteiger partial charge is 0.263 e. The fourth-order valence-corrected chi connectivity index (χ4v) is 3.86. The second kappa shape index (κ2) is 8.62. The number of thiazole rings is 1. The van der Waals surface area contributed by atoms with Gasteiger partial charge in [-0.25, -0.2) is 4.98 Å². The van der Waals surface area contributed by atoms with E-state index in [9.17, 15) is 4.79 Å². The van der Waals surface area contributed by atoms with E-state index in [-0.39, 0.29) is 5.91 Å². The zero-order valence-electron chi connectivity index (χ0n) is 15.6. The van der Waals surface area contributed by atoms with Crippen LogP contribution in [0, 0.1) is 20.8 Å². The van der Waals surface area contributed by atoms with E-state index in [1.165, 1.54) is 16.9 Å². The highest BCUT2D eigenvalue weighted by atomic mass is 32.1. The van der Waals surface area contributed by atoms with Crippen molar-refractivity contribution in [3.05, 3.63) is 39.9 Å². The number of carbonyl (C=O) groups excluding carboxylic acids is 1. The lowest BCUT2D eigenvalue weighted by molar-refractivity contribution is 0.0383. The van der Waals surface area contributed by atoms with Gasteiger partial charge in [-0.15, -0.1) is 0 Å². The molecule has 6 nitrogen and oxygen atoms in total. The summed E-state index contributed by atoms with van der Waals surface area (Å²) < 4.78 is 5.34. The second-order valence-corrected chi connectivity index (χ2v) is 7.59. The van der Waals surface area contributed by atoms with Crippen molar-refractivity contribution in [1.82, 2.24) is 15.2 Å². The largest absolute Gasteiger partial charge is 0.379 e. The van der Waals surface area contributed by atoms with Crippen LogP contribution in [0.3, 0.4) is 0 Å². The summed E-state index contributed by atoms with van der Waals surface area (Å²) in [7, 11) is 0. The summed E-state index contributed by atoms with van der Waals surface area (Å²) in [5.74, 6) is -0.0538. The first-order valence-electron chi connectivity index (χ1n) is 8.93. The molecule has 0 bridgehead atoms.